The van der Waals surface area contributed by atoms with Gasteiger partial charge in [0.2, 0.25) is 0 Å². The quantitative estimate of drug-likeness (QED) is 0.577. The minimum absolute atomic E-state index is 0.0139. The van der Waals surface area contributed by atoms with Crippen LogP contribution in [0.2, 0.25) is 0 Å². The molecule has 0 spiro atoms. The normalized spacial score (nSPS) is 10.5. The zero-order chi connectivity index (χ0) is 14.7. The molecule has 0 bridgehead atoms. The molecule has 4 N–H and O–H groups in total. The third-order valence-corrected chi connectivity index (χ3v) is 3.05. The fourth-order valence-corrected chi connectivity index (χ4v) is 2.04. The van der Waals surface area contributed by atoms with Gasteiger partial charge in [0.15, 0.2) is 0 Å². The van der Waals surface area contributed by atoms with Gasteiger partial charge in [-0.15, -0.1) is 0 Å². The molecule has 1 heterocycles. The molecule has 0 radical (unpaired) electrons. The standard InChI is InChI=1S/C14H18N4O2/c1-3-13-9(8-18(2)17-13)7-16-14(20)11-6-10(19)4-5-12(11)15/h4-6,8,19H,3,7,15H2,1-2H3,(H,16,20). The first-order valence-electron chi connectivity index (χ1n) is 6.39. The van der Waals surface area contributed by atoms with Crippen molar-refractivity contribution in [1.82, 2.24) is 15.1 Å². The van der Waals surface area contributed by atoms with Crippen LogP contribution in [0.25, 0.3) is 0 Å². The molecule has 0 atom stereocenters. The monoisotopic (exact) mass is 274 g/mol. The van der Waals surface area contributed by atoms with Gasteiger partial charge in [-0.25, -0.2) is 0 Å². The van der Waals surface area contributed by atoms with Crippen molar-refractivity contribution in [3.8, 4) is 5.75 Å². The average Bonchev–Trinajstić information content (AvgIpc) is 2.79. The highest BCUT2D eigenvalue weighted by Gasteiger charge is 2.12. The van der Waals surface area contributed by atoms with Crippen LogP contribution in [0.1, 0.15) is 28.5 Å². The van der Waals surface area contributed by atoms with Crippen molar-refractivity contribution in [2.75, 3.05) is 5.73 Å². The van der Waals surface area contributed by atoms with E-state index in [2.05, 4.69) is 10.4 Å². The molecule has 2 rings (SSSR count). The zero-order valence-electron chi connectivity index (χ0n) is 11.6. The number of carbonyl (C=O) groups is 1. The van der Waals surface area contributed by atoms with E-state index in [0.717, 1.165) is 17.7 Å². The predicted octanol–water partition coefficient (Wildman–Crippen LogP) is 1.20. The maximum absolute atomic E-state index is 12.1. The van der Waals surface area contributed by atoms with Crippen LogP contribution in [-0.2, 0) is 20.0 Å². The summed E-state index contributed by atoms with van der Waals surface area (Å²) in [6, 6.07) is 4.31. The van der Waals surface area contributed by atoms with Gasteiger partial charge in [0.1, 0.15) is 5.75 Å². The van der Waals surface area contributed by atoms with Gasteiger partial charge in [0, 0.05) is 31.0 Å². The van der Waals surface area contributed by atoms with E-state index in [1.54, 1.807) is 4.68 Å². The Hall–Kier alpha value is -2.50. The van der Waals surface area contributed by atoms with Gasteiger partial charge in [-0.3, -0.25) is 9.48 Å². The number of rotatable bonds is 4. The second-order valence-corrected chi connectivity index (χ2v) is 4.58. The number of benzene rings is 1. The number of nitrogens with two attached hydrogens (primary N) is 1. The molecule has 0 aliphatic carbocycles. The SMILES string of the molecule is CCc1nn(C)cc1CNC(=O)c1cc(O)ccc1N. The van der Waals surface area contributed by atoms with E-state index in [9.17, 15) is 9.90 Å². The largest absolute Gasteiger partial charge is 0.508 e. The summed E-state index contributed by atoms with van der Waals surface area (Å²) in [6.45, 7) is 2.39. The van der Waals surface area contributed by atoms with E-state index in [4.69, 9.17) is 5.73 Å². The number of anilines is 1. The van der Waals surface area contributed by atoms with Crippen molar-refractivity contribution in [3.63, 3.8) is 0 Å². The third-order valence-electron chi connectivity index (χ3n) is 3.05. The van der Waals surface area contributed by atoms with Crippen LogP contribution in [0.5, 0.6) is 5.75 Å². The molecule has 6 heteroatoms. The number of carbonyl (C=O) groups excluding carboxylic acids is 1. The summed E-state index contributed by atoms with van der Waals surface area (Å²) in [5.41, 5.74) is 8.27. The molecular weight excluding hydrogens is 256 g/mol. The lowest BCUT2D eigenvalue weighted by Crippen LogP contribution is -2.24. The molecule has 6 nitrogen and oxygen atoms in total. The number of phenols is 1. The fourth-order valence-electron chi connectivity index (χ4n) is 2.04. The van der Waals surface area contributed by atoms with E-state index in [0.29, 0.717) is 12.2 Å². The molecule has 0 aliphatic heterocycles. The number of nitrogens with zero attached hydrogens (tertiary/aromatic N) is 2. The molecule has 1 aromatic carbocycles. The molecule has 0 saturated heterocycles. The smallest absolute Gasteiger partial charge is 0.253 e. The first-order chi connectivity index (χ1) is 9.51. The van der Waals surface area contributed by atoms with Crippen LogP contribution in [0.3, 0.4) is 0 Å². The minimum Gasteiger partial charge on any atom is -0.508 e. The van der Waals surface area contributed by atoms with Crippen LogP contribution in [0, 0.1) is 0 Å². The predicted molar refractivity (Wildman–Crippen MR) is 76.3 cm³/mol. The number of hydrogen-bond donors (Lipinski definition) is 3. The van der Waals surface area contributed by atoms with Gasteiger partial charge in [-0.1, -0.05) is 6.92 Å². The van der Waals surface area contributed by atoms with Crippen molar-refractivity contribution >= 4 is 11.6 Å². The van der Waals surface area contributed by atoms with Crippen molar-refractivity contribution in [2.24, 2.45) is 7.05 Å². The van der Waals surface area contributed by atoms with E-state index >= 15 is 0 Å². The Labute approximate surface area is 117 Å². The molecule has 1 amide bonds. The number of aromatic nitrogens is 2. The molecule has 20 heavy (non-hydrogen) atoms. The lowest BCUT2D eigenvalue weighted by molar-refractivity contribution is 0.0951. The van der Waals surface area contributed by atoms with Gasteiger partial charge in [0.05, 0.1) is 11.3 Å². The van der Waals surface area contributed by atoms with Crippen LogP contribution >= 0.6 is 0 Å². The van der Waals surface area contributed by atoms with Gasteiger partial charge < -0.3 is 16.2 Å². The molecular formula is C14H18N4O2. The van der Waals surface area contributed by atoms with Crippen LogP contribution < -0.4 is 11.1 Å². The number of aromatic hydroxyl groups is 1. The number of aryl methyl sites for hydroxylation is 2. The van der Waals surface area contributed by atoms with Gasteiger partial charge in [0.25, 0.3) is 5.91 Å². The van der Waals surface area contributed by atoms with Crippen LogP contribution in [-0.4, -0.2) is 20.8 Å². The highest BCUT2D eigenvalue weighted by Crippen LogP contribution is 2.18. The number of nitrogen functional groups attached to an aromatic ring is 1. The summed E-state index contributed by atoms with van der Waals surface area (Å²) in [5.74, 6) is -0.302. The summed E-state index contributed by atoms with van der Waals surface area (Å²) in [5, 5.41) is 16.5. The van der Waals surface area contributed by atoms with Crippen molar-refractivity contribution < 1.29 is 9.90 Å². The number of hydrogen-bond acceptors (Lipinski definition) is 4. The molecule has 0 fully saturated rings. The topological polar surface area (TPSA) is 93.2 Å². The lowest BCUT2D eigenvalue weighted by Gasteiger charge is -2.07. The highest BCUT2D eigenvalue weighted by atomic mass is 16.3. The Kier molecular flexibility index (Phi) is 3.93. The zero-order valence-corrected chi connectivity index (χ0v) is 11.6. The Morgan fingerprint density at radius 3 is 2.95 bits per heavy atom. The maximum atomic E-state index is 12.1. The Balaban J connectivity index is 2.10. The van der Waals surface area contributed by atoms with Crippen LogP contribution in [0.15, 0.2) is 24.4 Å². The Morgan fingerprint density at radius 1 is 1.50 bits per heavy atom. The molecule has 0 aliphatic rings. The highest BCUT2D eigenvalue weighted by molar-refractivity contribution is 5.99. The summed E-state index contributed by atoms with van der Waals surface area (Å²) in [4.78, 5) is 12.1. The third kappa shape index (κ3) is 2.90. The first-order valence-corrected chi connectivity index (χ1v) is 6.39. The second-order valence-electron chi connectivity index (χ2n) is 4.58. The molecule has 2 aromatic rings. The molecule has 1 aromatic heterocycles. The van der Waals surface area contributed by atoms with Gasteiger partial charge in [-0.2, -0.15) is 5.10 Å². The molecule has 106 valence electrons. The lowest BCUT2D eigenvalue weighted by atomic mass is 10.1. The van der Waals surface area contributed by atoms with Crippen LogP contribution in [0.4, 0.5) is 5.69 Å². The Bertz CT molecular complexity index is 634. The maximum Gasteiger partial charge on any atom is 0.253 e. The molecule has 0 unspecified atom stereocenters. The number of amides is 1. The summed E-state index contributed by atoms with van der Waals surface area (Å²) >= 11 is 0. The molecule has 0 saturated carbocycles. The van der Waals surface area contributed by atoms with Crippen molar-refractivity contribution in [3.05, 3.63) is 41.2 Å². The summed E-state index contributed by atoms with van der Waals surface area (Å²) in [7, 11) is 1.84. The van der Waals surface area contributed by atoms with Gasteiger partial charge >= 0.3 is 0 Å². The first kappa shape index (κ1) is 13.9. The van der Waals surface area contributed by atoms with Crippen molar-refractivity contribution in [1.29, 1.82) is 0 Å². The Morgan fingerprint density at radius 2 is 2.25 bits per heavy atom. The fraction of sp³-hybridized carbons (Fsp3) is 0.286. The summed E-state index contributed by atoms with van der Waals surface area (Å²) in [6.07, 6.45) is 2.69. The number of phenolic OH excluding ortho intramolecular Hbond substituents is 1. The van der Waals surface area contributed by atoms with Gasteiger partial charge in [-0.05, 0) is 24.6 Å². The van der Waals surface area contributed by atoms with E-state index < -0.39 is 0 Å². The van der Waals surface area contributed by atoms with E-state index in [1.807, 2.05) is 20.2 Å². The average molecular weight is 274 g/mol. The minimum atomic E-state index is -0.315. The van der Waals surface area contributed by atoms with E-state index in [1.165, 1.54) is 18.2 Å². The number of nitrogens with one attached hydrogen (secondary N) is 1. The second kappa shape index (κ2) is 5.64. The summed E-state index contributed by atoms with van der Waals surface area (Å²) < 4.78 is 1.73. The van der Waals surface area contributed by atoms with Crippen molar-refractivity contribution in [2.45, 2.75) is 19.9 Å². The van der Waals surface area contributed by atoms with E-state index in [-0.39, 0.29) is 17.2 Å².